The van der Waals surface area contributed by atoms with Crippen LogP contribution in [0.5, 0.6) is 0 Å². The second-order valence-electron chi connectivity index (χ2n) is 8.90. The molecule has 0 saturated heterocycles. The molecule has 0 atom stereocenters. The minimum absolute atomic E-state index is 0.00967. The molecular weight excluding hydrogens is 326 g/mol. The summed E-state index contributed by atoms with van der Waals surface area (Å²) in [6.45, 7) is 9.89. The van der Waals surface area contributed by atoms with Crippen molar-refractivity contribution in [3.63, 3.8) is 0 Å². The molecule has 0 bridgehead atoms. The van der Waals surface area contributed by atoms with Crippen molar-refractivity contribution in [2.75, 3.05) is 5.32 Å². The van der Waals surface area contributed by atoms with E-state index in [0.717, 1.165) is 35.9 Å². The second-order valence-corrected chi connectivity index (χ2v) is 8.90. The molecule has 0 radical (unpaired) electrons. The van der Waals surface area contributed by atoms with Crippen molar-refractivity contribution >= 4 is 22.9 Å². The van der Waals surface area contributed by atoms with Crippen LogP contribution < -0.4 is 5.32 Å². The number of carbonyl (C=O) groups is 1. The SMILES string of the molecule is CCC(C)(C)CC(=O)Nc1nc2ccc(C(C)(C)O)cc2n1C1CCC1. The molecule has 1 aromatic heterocycles. The van der Waals surface area contributed by atoms with Crippen LogP contribution in [0.3, 0.4) is 0 Å². The van der Waals surface area contributed by atoms with Crippen molar-refractivity contribution in [1.82, 2.24) is 9.55 Å². The Morgan fingerprint density at radius 1 is 1.31 bits per heavy atom. The number of carbonyl (C=O) groups excluding carboxylic acids is 1. The maximum atomic E-state index is 12.6. The predicted octanol–water partition coefficient (Wildman–Crippen LogP) is 4.75. The van der Waals surface area contributed by atoms with Gasteiger partial charge in [0.25, 0.3) is 0 Å². The molecule has 1 heterocycles. The lowest BCUT2D eigenvalue weighted by Crippen LogP contribution is -2.25. The second kappa shape index (κ2) is 6.69. The number of anilines is 1. The number of nitrogens with one attached hydrogen (secondary N) is 1. The molecule has 1 amide bonds. The fourth-order valence-corrected chi connectivity index (χ4v) is 3.30. The van der Waals surface area contributed by atoms with E-state index >= 15 is 0 Å². The predicted molar refractivity (Wildman–Crippen MR) is 105 cm³/mol. The first-order valence-corrected chi connectivity index (χ1v) is 9.65. The average Bonchev–Trinajstić information content (AvgIpc) is 2.81. The van der Waals surface area contributed by atoms with Gasteiger partial charge in [-0.1, -0.05) is 33.3 Å². The topological polar surface area (TPSA) is 67.2 Å². The molecular formula is C21H31N3O2. The highest BCUT2D eigenvalue weighted by Crippen LogP contribution is 2.38. The molecule has 1 aromatic carbocycles. The van der Waals surface area contributed by atoms with Gasteiger partial charge in [0.15, 0.2) is 0 Å². The fraction of sp³-hybridized carbons (Fsp3) is 0.619. The van der Waals surface area contributed by atoms with Gasteiger partial charge in [-0.15, -0.1) is 0 Å². The van der Waals surface area contributed by atoms with Crippen LogP contribution >= 0.6 is 0 Å². The van der Waals surface area contributed by atoms with Crippen LogP contribution in [0.25, 0.3) is 11.0 Å². The zero-order valence-corrected chi connectivity index (χ0v) is 16.6. The van der Waals surface area contributed by atoms with Crippen LogP contribution in [-0.4, -0.2) is 20.6 Å². The number of aromatic nitrogens is 2. The highest BCUT2D eigenvalue weighted by Gasteiger charge is 2.28. The molecule has 3 rings (SSSR count). The lowest BCUT2D eigenvalue weighted by atomic mass is 9.86. The molecule has 0 aliphatic heterocycles. The summed E-state index contributed by atoms with van der Waals surface area (Å²) < 4.78 is 2.16. The van der Waals surface area contributed by atoms with E-state index in [4.69, 9.17) is 0 Å². The third-order valence-corrected chi connectivity index (χ3v) is 5.68. The van der Waals surface area contributed by atoms with Crippen LogP contribution in [-0.2, 0) is 10.4 Å². The molecule has 2 aromatic rings. The van der Waals surface area contributed by atoms with E-state index in [1.165, 1.54) is 6.42 Å². The van der Waals surface area contributed by atoms with Crippen molar-refractivity contribution < 1.29 is 9.90 Å². The van der Waals surface area contributed by atoms with Gasteiger partial charge in [0.05, 0.1) is 16.6 Å². The molecule has 5 nitrogen and oxygen atoms in total. The number of hydrogen-bond acceptors (Lipinski definition) is 3. The Morgan fingerprint density at radius 3 is 2.54 bits per heavy atom. The Bertz CT molecular complexity index is 811. The molecule has 5 heteroatoms. The normalized spacial score (nSPS) is 15.9. The third kappa shape index (κ3) is 3.78. The highest BCUT2D eigenvalue weighted by molar-refractivity contribution is 5.92. The summed E-state index contributed by atoms with van der Waals surface area (Å²) in [6.07, 6.45) is 4.83. The number of benzene rings is 1. The molecule has 1 saturated carbocycles. The number of rotatable bonds is 6. The average molecular weight is 357 g/mol. The zero-order valence-electron chi connectivity index (χ0n) is 16.6. The Hall–Kier alpha value is -1.88. The van der Waals surface area contributed by atoms with Crippen LogP contribution in [0.2, 0.25) is 0 Å². The maximum Gasteiger partial charge on any atom is 0.227 e. The van der Waals surface area contributed by atoms with Gasteiger partial charge >= 0.3 is 0 Å². The summed E-state index contributed by atoms with van der Waals surface area (Å²) in [5, 5.41) is 13.4. The lowest BCUT2D eigenvalue weighted by Gasteiger charge is -2.29. The van der Waals surface area contributed by atoms with Crippen LogP contribution in [0.4, 0.5) is 5.95 Å². The summed E-state index contributed by atoms with van der Waals surface area (Å²) in [5.41, 5.74) is 1.77. The quantitative estimate of drug-likeness (QED) is 0.784. The number of hydrogen-bond donors (Lipinski definition) is 2. The van der Waals surface area contributed by atoms with Gasteiger partial charge < -0.3 is 9.67 Å². The first kappa shape index (κ1) is 18.9. The van der Waals surface area contributed by atoms with Gasteiger partial charge in [-0.2, -0.15) is 0 Å². The molecule has 1 aliphatic carbocycles. The lowest BCUT2D eigenvalue weighted by molar-refractivity contribution is -0.118. The number of fused-ring (bicyclic) bond motifs is 1. The summed E-state index contributed by atoms with van der Waals surface area (Å²) in [4.78, 5) is 17.3. The minimum atomic E-state index is -0.905. The van der Waals surface area contributed by atoms with Crippen molar-refractivity contribution in [2.24, 2.45) is 5.41 Å². The van der Waals surface area contributed by atoms with Crippen molar-refractivity contribution in [3.8, 4) is 0 Å². The van der Waals surface area contributed by atoms with Gasteiger partial charge in [-0.05, 0) is 56.2 Å². The van der Waals surface area contributed by atoms with E-state index in [9.17, 15) is 9.90 Å². The highest BCUT2D eigenvalue weighted by atomic mass is 16.3. The molecule has 1 aliphatic rings. The molecule has 2 N–H and O–H groups in total. The summed E-state index contributed by atoms with van der Waals surface area (Å²) >= 11 is 0. The Morgan fingerprint density at radius 2 is 2.00 bits per heavy atom. The molecule has 0 unspecified atom stereocenters. The largest absolute Gasteiger partial charge is 0.386 e. The monoisotopic (exact) mass is 357 g/mol. The minimum Gasteiger partial charge on any atom is -0.386 e. The first-order valence-electron chi connectivity index (χ1n) is 9.65. The molecule has 0 spiro atoms. The standard InChI is InChI=1S/C21H31N3O2/c1-6-20(2,3)13-18(25)23-19-22-16-11-10-14(21(4,5)26)12-17(16)24(19)15-8-7-9-15/h10-12,15,26H,6-9,13H2,1-5H3,(H,22,23,25). The van der Waals surface area contributed by atoms with E-state index in [1.54, 1.807) is 13.8 Å². The van der Waals surface area contributed by atoms with E-state index in [-0.39, 0.29) is 11.3 Å². The van der Waals surface area contributed by atoms with Crippen LogP contribution in [0, 0.1) is 5.41 Å². The first-order chi connectivity index (χ1) is 12.1. The van der Waals surface area contributed by atoms with Crippen LogP contribution in [0.15, 0.2) is 18.2 Å². The molecule has 142 valence electrons. The fourth-order valence-electron chi connectivity index (χ4n) is 3.30. The van der Waals surface area contributed by atoms with Crippen molar-refractivity contribution in [2.45, 2.75) is 78.4 Å². The van der Waals surface area contributed by atoms with Crippen LogP contribution in [0.1, 0.15) is 78.3 Å². The summed E-state index contributed by atoms with van der Waals surface area (Å²) in [5.74, 6) is 0.643. The van der Waals surface area contributed by atoms with Gasteiger partial charge in [-0.25, -0.2) is 4.98 Å². The molecule has 26 heavy (non-hydrogen) atoms. The Labute approximate surface area is 155 Å². The van der Waals surface area contributed by atoms with E-state index in [2.05, 4.69) is 35.6 Å². The van der Waals surface area contributed by atoms with Gasteiger partial charge in [-0.3, -0.25) is 10.1 Å². The number of imidazole rings is 1. The Balaban J connectivity index is 1.98. The maximum absolute atomic E-state index is 12.6. The van der Waals surface area contributed by atoms with Gasteiger partial charge in [0.2, 0.25) is 11.9 Å². The van der Waals surface area contributed by atoms with E-state index in [1.807, 2.05) is 18.2 Å². The van der Waals surface area contributed by atoms with Crippen molar-refractivity contribution in [3.05, 3.63) is 23.8 Å². The zero-order chi connectivity index (χ0) is 19.1. The van der Waals surface area contributed by atoms with E-state index in [0.29, 0.717) is 18.4 Å². The smallest absolute Gasteiger partial charge is 0.227 e. The van der Waals surface area contributed by atoms with Gasteiger partial charge in [0.1, 0.15) is 0 Å². The van der Waals surface area contributed by atoms with Crippen molar-refractivity contribution in [1.29, 1.82) is 0 Å². The number of aliphatic hydroxyl groups is 1. The summed E-state index contributed by atoms with van der Waals surface area (Å²) in [6, 6.07) is 6.22. The van der Waals surface area contributed by atoms with E-state index < -0.39 is 5.60 Å². The summed E-state index contributed by atoms with van der Waals surface area (Å²) in [7, 11) is 0. The Kier molecular flexibility index (Phi) is 4.86. The molecule has 1 fully saturated rings. The third-order valence-electron chi connectivity index (χ3n) is 5.68. The number of nitrogens with zero attached hydrogens (tertiary/aromatic N) is 2. The van der Waals surface area contributed by atoms with Gasteiger partial charge in [0, 0.05) is 12.5 Å². The number of amides is 1.